The number of nitriles is 1. The van der Waals surface area contributed by atoms with Gasteiger partial charge in [-0.05, 0) is 52.7 Å². The first-order valence-electron chi connectivity index (χ1n) is 6.91. The summed E-state index contributed by atoms with van der Waals surface area (Å²) in [5.74, 6) is -0.375. The summed E-state index contributed by atoms with van der Waals surface area (Å²) in [6.07, 6.45) is 1.46. The third kappa shape index (κ3) is 4.96. The minimum atomic E-state index is -0.375. The largest absolute Gasteiger partial charge is 0.360 e. The zero-order valence-corrected chi connectivity index (χ0v) is 13.6. The van der Waals surface area contributed by atoms with Crippen LogP contribution in [0.5, 0.6) is 0 Å². The first-order valence-corrected chi connectivity index (χ1v) is 6.91. The molecule has 1 aromatic carbocycles. The molecule has 1 aromatic rings. The number of anilines is 1. The Labute approximate surface area is 126 Å². The number of hydrogen-bond donors (Lipinski definition) is 2. The summed E-state index contributed by atoms with van der Waals surface area (Å²) in [4.78, 5) is 12.0. The van der Waals surface area contributed by atoms with Gasteiger partial charge in [-0.2, -0.15) is 5.26 Å². The van der Waals surface area contributed by atoms with Crippen molar-refractivity contribution in [3.8, 4) is 6.07 Å². The van der Waals surface area contributed by atoms with Gasteiger partial charge in [-0.25, -0.2) is 0 Å². The zero-order chi connectivity index (χ0) is 16.2. The highest BCUT2D eigenvalue weighted by molar-refractivity contribution is 5.98. The Kier molecular flexibility index (Phi) is 5.15. The van der Waals surface area contributed by atoms with Gasteiger partial charge in [0.2, 0.25) is 0 Å². The van der Waals surface area contributed by atoms with Crippen LogP contribution in [0.3, 0.4) is 0 Å². The number of hydrogen-bond acceptors (Lipinski definition) is 3. The minimum Gasteiger partial charge on any atom is -0.360 e. The molecule has 112 valence electrons. The number of benzene rings is 1. The van der Waals surface area contributed by atoms with Crippen molar-refractivity contribution in [2.45, 2.75) is 47.1 Å². The van der Waals surface area contributed by atoms with Gasteiger partial charge < -0.3 is 10.6 Å². The Morgan fingerprint density at radius 3 is 2.14 bits per heavy atom. The quantitative estimate of drug-likeness (QED) is 0.661. The van der Waals surface area contributed by atoms with Crippen LogP contribution in [0.1, 0.15) is 37.5 Å². The highest BCUT2D eigenvalue weighted by Crippen LogP contribution is 2.22. The van der Waals surface area contributed by atoms with E-state index in [9.17, 15) is 4.79 Å². The van der Waals surface area contributed by atoms with Crippen LogP contribution >= 0.6 is 0 Å². The first kappa shape index (κ1) is 16.8. The molecule has 1 rings (SSSR count). The molecule has 0 saturated carbocycles. The molecule has 4 heteroatoms. The minimum absolute atomic E-state index is 0.0595. The van der Waals surface area contributed by atoms with Gasteiger partial charge in [0.25, 0.3) is 5.91 Å². The molecular formula is C17H23N3O. The highest BCUT2D eigenvalue weighted by atomic mass is 16.1. The number of nitrogens with zero attached hydrogens (tertiary/aromatic N) is 1. The predicted molar refractivity (Wildman–Crippen MR) is 85.9 cm³/mol. The number of carbonyl (C=O) groups excluding carboxylic acids is 1. The monoisotopic (exact) mass is 285 g/mol. The normalized spacial score (nSPS) is 11.8. The molecule has 0 heterocycles. The molecular weight excluding hydrogens is 262 g/mol. The molecule has 0 saturated heterocycles. The maximum absolute atomic E-state index is 12.0. The van der Waals surface area contributed by atoms with Crippen molar-refractivity contribution < 1.29 is 4.79 Å². The molecule has 0 radical (unpaired) electrons. The van der Waals surface area contributed by atoms with Crippen LogP contribution in [-0.4, -0.2) is 11.4 Å². The average molecular weight is 285 g/mol. The van der Waals surface area contributed by atoms with Crippen molar-refractivity contribution >= 4 is 11.6 Å². The smallest absolute Gasteiger partial charge is 0.263 e. The standard InChI is InChI=1S/C17H23N3O/c1-11-7-12(2)15(13(3)8-11)19-10-14(9-18)16(21)20-17(4,5)6/h7-8,10,19H,1-6H3,(H,20,21)/b14-10-. The second-order valence-electron chi connectivity index (χ2n) is 6.29. The Balaban J connectivity index is 2.98. The maximum atomic E-state index is 12.0. The fourth-order valence-corrected chi connectivity index (χ4v) is 2.11. The second kappa shape index (κ2) is 6.45. The third-order valence-electron chi connectivity index (χ3n) is 2.89. The first-order chi connectivity index (χ1) is 9.64. The van der Waals surface area contributed by atoms with E-state index in [1.165, 1.54) is 11.8 Å². The molecule has 4 nitrogen and oxygen atoms in total. The predicted octanol–water partition coefficient (Wildman–Crippen LogP) is 3.35. The number of nitrogens with one attached hydrogen (secondary N) is 2. The van der Waals surface area contributed by atoms with Crippen molar-refractivity contribution in [1.82, 2.24) is 5.32 Å². The summed E-state index contributed by atoms with van der Waals surface area (Å²) < 4.78 is 0. The summed E-state index contributed by atoms with van der Waals surface area (Å²) >= 11 is 0. The molecule has 0 aliphatic rings. The van der Waals surface area contributed by atoms with E-state index in [1.54, 1.807) is 0 Å². The lowest BCUT2D eigenvalue weighted by Crippen LogP contribution is -2.41. The number of carbonyl (C=O) groups is 1. The Morgan fingerprint density at radius 1 is 1.19 bits per heavy atom. The summed E-state index contributed by atoms with van der Waals surface area (Å²) in [5.41, 5.74) is 3.96. The fraction of sp³-hybridized carbons (Fsp3) is 0.412. The highest BCUT2D eigenvalue weighted by Gasteiger charge is 2.17. The van der Waals surface area contributed by atoms with Gasteiger partial charge in [-0.3, -0.25) is 4.79 Å². The summed E-state index contributed by atoms with van der Waals surface area (Å²) in [5, 5.41) is 15.0. The van der Waals surface area contributed by atoms with Crippen LogP contribution in [0.4, 0.5) is 5.69 Å². The van der Waals surface area contributed by atoms with E-state index in [0.717, 1.165) is 16.8 Å². The lowest BCUT2D eigenvalue weighted by Gasteiger charge is -2.20. The number of rotatable bonds is 3. The molecule has 1 amide bonds. The lowest BCUT2D eigenvalue weighted by molar-refractivity contribution is -0.118. The molecule has 0 atom stereocenters. The van der Waals surface area contributed by atoms with Gasteiger partial charge in [0.15, 0.2) is 0 Å². The molecule has 0 aromatic heterocycles. The molecule has 0 aliphatic heterocycles. The molecule has 0 spiro atoms. The van der Waals surface area contributed by atoms with Crippen LogP contribution < -0.4 is 10.6 Å². The van der Waals surface area contributed by atoms with Crippen molar-refractivity contribution in [3.05, 3.63) is 40.6 Å². The van der Waals surface area contributed by atoms with Crippen molar-refractivity contribution in [3.63, 3.8) is 0 Å². The van der Waals surface area contributed by atoms with E-state index in [0.29, 0.717) is 0 Å². The van der Waals surface area contributed by atoms with E-state index < -0.39 is 0 Å². The van der Waals surface area contributed by atoms with Crippen LogP contribution in [0, 0.1) is 32.1 Å². The Hall–Kier alpha value is -2.28. The van der Waals surface area contributed by atoms with E-state index >= 15 is 0 Å². The average Bonchev–Trinajstić information content (AvgIpc) is 2.30. The van der Waals surface area contributed by atoms with Gasteiger partial charge >= 0.3 is 0 Å². The molecule has 2 N–H and O–H groups in total. The van der Waals surface area contributed by atoms with Crippen LogP contribution in [0.15, 0.2) is 23.9 Å². The van der Waals surface area contributed by atoms with Crippen LogP contribution in [0.25, 0.3) is 0 Å². The molecule has 0 aliphatic carbocycles. The molecule has 0 bridgehead atoms. The van der Waals surface area contributed by atoms with E-state index in [4.69, 9.17) is 5.26 Å². The fourth-order valence-electron chi connectivity index (χ4n) is 2.11. The van der Waals surface area contributed by atoms with Gasteiger partial charge in [0.05, 0.1) is 0 Å². The molecule has 0 unspecified atom stereocenters. The Bertz CT molecular complexity index is 593. The zero-order valence-electron chi connectivity index (χ0n) is 13.6. The van der Waals surface area contributed by atoms with Gasteiger partial charge in [-0.1, -0.05) is 17.7 Å². The van der Waals surface area contributed by atoms with Gasteiger partial charge in [-0.15, -0.1) is 0 Å². The topological polar surface area (TPSA) is 64.9 Å². The number of aryl methyl sites for hydroxylation is 3. The summed E-state index contributed by atoms with van der Waals surface area (Å²) in [6.45, 7) is 11.7. The SMILES string of the molecule is Cc1cc(C)c(N/C=C(/C#N)C(=O)NC(C)(C)C)c(C)c1. The van der Waals surface area contributed by atoms with E-state index in [-0.39, 0.29) is 17.0 Å². The maximum Gasteiger partial charge on any atom is 0.263 e. The third-order valence-corrected chi connectivity index (χ3v) is 2.89. The summed E-state index contributed by atoms with van der Waals surface area (Å²) in [7, 11) is 0. The van der Waals surface area contributed by atoms with Gasteiger partial charge in [0.1, 0.15) is 11.6 Å². The summed E-state index contributed by atoms with van der Waals surface area (Å²) in [6, 6.07) is 6.05. The lowest BCUT2D eigenvalue weighted by atomic mass is 10.1. The second-order valence-corrected chi connectivity index (χ2v) is 6.29. The van der Waals surface area contributed by atoms with Gasteiger partial charge in [0, 0.05) is 17.4 Å². The van der Waals surface area contributed by atoms with Crippen molar-refractivity contribution in [2.75, 3.05) is 5.32 Å². The van der Waals surface area contributed by atoms with E-state index in [2.05, 4.69) is 22.8 Å². The van der Waals surface area contributed by atoms with Crippen molar-refractivity contribution in [2.24, 2.45) is 0 Å². The van der Waals surface area contributed by atoms with Crippen LogP contribution in [0.2, 0.25) is 0 Å². The molecule has 0 fully saturated rings. The number of amides is 1. The van der Waals surface area contributed by atoms with Crippen LogP contribution in [-0.2, 0) is 4.79 Å². The Morgan fingerprint density at radius 2 is 1.71 bits per heavy atom. The van der Waals surface area contributed by atoms with Crippen molar-refractivity contribution in [1.29, 1.82) is 5.26 Å². The van der Waals surface area contributed by atoms with E-state index in [1.807, 2.05) is 47.6 Å². The molecule has 21 heavy (non-hydrogen) atoms.